The van der Waals surface area contributed by atoms with E-state index in [4.69, 9.17) is 4.74 Å². The van der Waals surface area contributed by atoms with Crippen molar-refractivity contribution in [2.45, 2.75) is 51.6 Å². The second kappa shape index (κ2) is 7.89. The van der Waals surface area contributed by atoms with Gasteiger partial charge in [0.15, 0.2) is 0 Å². The maximum absolute atomic E-state index is 12.8. The summed E-state index contributed by atoms with van der Waals surface area (Å²) in [6, 6.07) is 4.03. The van der Waals surface area contributed by atoms with Gasteiger partial charge in [-0.05, 0) is 51.8 Å². The number of carbonyl (C=O) groups excluding carboxylic acids is 1. The molecular weight excluding hydrogens is 455 g/mol. The first-order chi connectivity index (χ1) is 13.4. The maximum Gasteiger partial charge on any atom is 0.573 e. The molecule has 158 valence electrons. The van der Waals surface area contributed by atoms with E-state index in [-0.39, 0.29) is 17.4 Å². The molecule has 0 unspecified atom stereocenters. The summed E-state index contributed by atoms with van der Waals surface area (Å²) in [6.45, 7) is 5.89. The number of imidazole rings is 1. The van der Waals surface area contributed by atoms with Crippen molar-refractivity contribution in [1.82, 2.24) is 14.9 Å². The van der Waals surface area contributed by atoms with Crippen molar-refractivity contribution in [1.29, 1.82) is 0 Å². The van der Waals surface area contributed by atoms with Crippen molar-refractivity contribution in [3.63, 3.8) is 0 Å². The van der Waals surface area contributed by atoms with Crippen LogP contribution in [0.4, 0.5) is 18.0 Å². The first kappa shape index (κ1) is 21.5. The van der Waals surface area contributed by atoms with Crippen LogP contribution in [0.2, 0.25) is 0 Å². The van der Waals surface area contributed by atoms with Gasteiger partial charge in [-0.2, -0.15) is 0 Å². The fourth-order valence-corrected chi connectivity index (χ4v) is 3.50. The number of hydrogen-bond donors (Lipinski definition) is 1. The average Bonchev–Trinajstić information content (AvgIpc) is 3.20. The normalized spacial score (nSPS) is 17.5. The van der Waals surface area contributed by atoms with Crippen LogP contribution in [0.25, 0.3) is 11.3 Å². The number of ether oxygens (including phenoxy) is 2. The lowest BCUT2D eigenvalue weighted by Gasteiger charge is -2.27. The lowest BCUT2D eigenvalue weighted by molar-refractivity contribution is -0.274. The van der Waals surface area contributed by atoms with Crippen molar-refractivity contribution in [2.75, 3.05) is 6.54 Å². The Labute approximate surface area is 174 Å². The van der Waals surface area contributed by atoms with E-state index in [1.165, 1.54) is 18.3 Å². The van der Waals surface area contributed by atoms with Crippen molar-refractivity contribution in [2.24, 2.45) is 0 Å². The molecule has 1 aromatic heterocycles. The third-order valence-corrected chi connectivity index (χ3v) is 4.74. The molecule has 2 heterocycles. The Morgan fingerprint density at radius 3 is 2.69 bits per heavy atom. The van der Waals surface area contributed by atoms with Crippen LogP contribution in [0.15, 0.2) is 28.9 Å². The van der Waals surface area contributed by atoms with E-state index in [2.05, 4.69) is 30.6 Å². The third-order valence-electron chi connectivity index (χ3n) is 4.25. The van der Waals surface area contributed by atoms with Crippen LogP contribution in [0.3, 0.4) is 0 Å². The molecule has 1 fully saturated rings. The number of rotatable bonds is 3. The Bertz CT molecular complexity index is 893. The van der Waals surface area contributed by atoms with Gasteiger partial charge in [0, 0.05) is 16.6 Å². The third kappa shape index (κ3) is 5.43. The van der Waals surface area contributed by atoms with Crippen LogP contribution in [0.5, 0.6) is 5.75 Å². The van der Waals surface area contributed by atoms with Crippen LogP contribution >= 0.6 is 15.9 Å². The zero-order valence-corrected chi connectivity index (χ0v) is 17.7. The molecule has 1 atom stereocenters. The Kier molecular flexibility index (Phi) is 5.84. The number of nitrogens with one attached hydrogen (secondary N) is 1. The number of carbonyl (C=O) groups is 1. The predicted octanol–water partition coefficient (Wildman–Crippen LogP) is 5.81. The first-order valence-corrected chi connectivity index (χ1v) is 9.82. The number of amides is 1. The Morgan fingerprint density at radius 2 is 2.03 bits per heavy atom. The SMILES string of the molecule is CC(C)(C)OC(=O)N1CCC[C@@H]1c1ncc(-c2ccc(Br)cc2OC(F)(F)F)[nH]1. The minimum Gasteiger partial charge on any atom is -0.444 e. The number of H-pyrrole nitrogens is 1. The van der Waals surface area contributed by atoms with Crippen LogP contribution < -0.4 is 4.74 Å². The highest BCUT2D eigenvalue weighted by Gasteiger charge is 2.35. The average molecular weight is 476 g/mol. The van der Waals surface area contributed by atoms with Crippen LogP contribution in [0, 0.1) is 0 Å². The molecule has 3 rings (SSSR count). The standard InChI is InChI=1S/C19H21BrF3N3O3/c1-18(2,3)29-17(27)26-8-4-5-14(26)16-24-10-13(25-16)12-7-6-11(20)9-15(12)28-19(21,22)23/h6-7,9-10,14H,4-5,8H2,1-3H3,(H,24,25)/t14-/m1/s1. The smallest absolute Gasteiger partial charge is 0.444 e. The predicted molar refractivity (Wildman–Crippen MR) is 103 cm³/mol. The largest absolute Gasteiger partial charge is 0.573 e. The quantitative estimate of drug-likeness (QED) is 0.607. The van der Waals surface area contributed by atoms with Gasteiger partial charge in [-0.1, -0.05) is 15.9 Å². The van der Waals surface area contributed by atoms with Crippen molar-refractivity contribution in [3.05, 3.63) is 34.7 Å². The van der Waals surface area contributed by atoms with E-state index in [1.54, 1.807) is 31.7 Å². The second-order valence-corrected chi connectivity index (χ2v) is 8.62. The van der Waals surface area contributed by atoms with Crippen LogP contribution in [-0.2, 0) is 4.74 Å². The van der Waals surface area contributed by atoms with Gasteiger partial charge in [-0.25, -0.2) is 9.78 Å². The summed E-state index contributed by atoms with van der Waals surface area (Å²) >= 11 is 3.15. The highest BCUT2D eigenvalue weighted by Crippen LogP contribution is 2.37. The Balaban J connectivity index is 1.87. The van der Waals surface area contributed by atoms with Crippen molar-refractivity contribution < 1.29 is 27.4 Å². The number of alkyl halides is 3. The Hall–Kier alpha value is -2.23. The first-order valence-electron chi connectivity index (χ1n) is 9.03. The van der Waals surface area contributed by atoms with Crippen molar-refractivity contribution in [3.8, 4) is 17.0 Å². The van der Waals surface area contributed by atoms with Crippen molar-refractivity contribution >= 4 is 22.0 Å². The fourth-order valence-electron chi connectivity index (χ4n) is 3.16. The molecule has 0 saturated carbocycles. The lowest BCUT2D eigenvalue weighted by Crippen LogP contribution is -2.36. The molecule has 0 spiro atoms. The molecule has 10 heteroatoms. The molecule has 0 radical (unpaired) electrons. The molecule has 1 aromatic carbocycles. The number of aromatic nitrogens is 2. The summed E-state index contributed by atoms with van der Waals surface area (Å²) in [5, 5.41) is 0. The van der Waals surface area contributed by atoms with Gasteiger partial charge in [0.25, 0.3) is 0 Å². The summed E-state index contributed by atoms with van der Waals surface area (Å²) in [5.41, 5.74) is -0.0475. The van der Waals surface area contributed by atoms with Crippen LogP contribution in [0.1, 0.15) is 45.5 Å². The molecule has 6 nitrogen and oxygen atoms in total. The van der Waals surface area contributed by atoms with E-state index < -0.39 is 18.1 Å². The number of aromatic amines is 1. The van der Waals surface area contributed by atoms with Crippen LogP contribution in [-0.4, -0.2) is 39.5 Å². The van der Waals surface area contributed by atoms with Gasteiger partial charge in [-0.15, -0.1) is 13.2 Å². The number of hydrogen-bond acceptors (Lipinski definition) is 4. The number of benzene rings is 1. The molecule has 29 heavy (non-hydrogen) atoms. The molecule has 1 aliphatic rings. The summed E-state index contributed by atoms with van der Waals surface area (Å²) in [4.78, 5) is 21.4. The van der Waals surface area contributed by atoms with Gasteiger partial charge in [0.05, 0.1) is 17.9 Å². The minimum absolute atomic E-state index is 0.214. The molecule has 1 saturated heterocycles. The summed E-state index contributed by atoms with van der Waals surface area (Å²) < 4.78 is 48.4. The molecule has 2 aromatic rings. The van der Waals surface area contributed by atoms with Gasteiger partial charge in [0.2, 0.25) is 0 Å². The molecule has 1 N–H and O–H groups in total. The van der Waals surface area contributed by atoms with E-state index in [1.807, 2.05) is 0 Å². The van der Waals surface area contributed by atoms with E-state index in [9.17, 15) is 18.0 Å². The summed E-state index contributed by atoms with van der Waals surface area (Å²) in [7, 11) is 0. The molecule has 1 amide bonds. The lowest BCUT2D eigenvalue weighted by atomic mass is 10.1. The van der Waals surface area contributed by atoms with Gasteiger partial charge in [0.1, 0.15) is 17.2 Å². The monoisotopic (exact) mass is 475 g/mol. The fraction of sp³-hybridized carbons (Fsp3) is 0.474. The second-order valence-electron chi connectivity index (χ2n) is 7.70. The number of halogens is 4. The summed E-state index contributed by atoms with van der Waals surface area (Å²) in [5.74, 6) is 0.140. The zero-order chi connectivity index (χ0) is 21.4. The highest BCUT2D eigenvalue weighted by atomic mass is 79.9. The summed E-state index contributed by atoms with van der Waals surface area (Å²) in [6.07, 6.45) is -2.37. The number of likely N-dealkylation sites (tertiary alicyclic amines) is 1. The zero-order valence-electron chi connectivity index (χ0n) is 16.1. The number of nitrogens with zero attached hydrogens (tertiary/aromatic N) is 2. The molecular formula is C19H21BrF3N3O3. The van der Waals surface area contributed by atoms with Gasteiger partial charge < -0.3 is 14.5 Å². The van der Waals surface area contributed by atoms with E-state index in [0.717, 1.165) is 6.42 Å². The highest BCUT2D eigenvalue weighted by molar-refractivity contribution is 9.10. The minimum atomic E-state index is -4.82. The molecule has 1 aliphatic heterocycles. The molecule has 0 bridgehead atoms. The van der Waals surface area contributed by atoms with Gasteiger partial charge >= 0.3 is 12.5 Å². The Morgan fingerprint density at radius 1 is 1.31 bits per heavy atom. The van der Waals surface area contributed by atoms with Gasteiger partial charge in [-0.3, -0.25) is 4.90 Å². The topological polar surface area (TPSA) is 67.4 Å². The van der Waals surface area contributed by atoms with E-state index in [0.29, 0.717) is 29.0 Å². The van der Waals surface area contributed by atoms with E-state index >= 15 is 0 Å². The molecule has 0 aliphatic carbocycles. The maximum atomic E-state index is 12.8.